The average Bonchev–Trinajstić information content (AvgIpc) is 3.22. The smallest absolute Gasteiger partial charge is 0.242 e. The van der Waals surface area contributed by atoms with Crippen LogP contribution in [0.3, 0.4) is 0 Å². The first kappa shape index (κ1) is 23.7. The summed E-state index contributed by atoms with van der Waals surface area (Å²) >= 11 is 0. The van der Waals surface area contributed by atoms with Gasteiger partial charge in [0, 0.05) is 5.41 Å². The molecule has 3 fully saturated rings. The van der Waals surface area contributed by atoms with E-state index in [0.29, 0.717) is 18.9 Å². The molecule has 2 saturated carbocycles. The molecule has 6 nitrogen and oxygen atoms in total. The molecule has 1 saturated heterocycles. The van der Waals surface area contributed by atoms with Crippen LogP contribution in [-0.4, -0.2) is 48.2 Å². The molecule has 2 aliphatic carbocycles. The number of nitrogens with zero attached hydrogens (tertiary/aromatic N) is 1. The Hall–Kier alpha value is -1.44. The second kappa shape index (κ2) is 8.41. The highest BCUT2D eigenvalue weighted by Crippen LogP contribution is 2.70. The van der Waals surface area contributed by atoms with Crippen LogP contribution in [0.4, 0.5) is 0 Å². The number of ether oxygens (including phenoxy) is 1. The molecule has 32 heavy (non-hydrogen) atoms. The number of carbonyl (C=O) groups is 1. The van der Waals surface area contributed by atoms with Gasteiger partial charge in [0.05, 0.1) is 37.0 Å². The van der Waals surface area contributed by atoms with Crippen LogP contribution in [0.15, 0.2) is 30.3 Å². The molecule has 1 aromatic carbocycles. The van der Waals surface area contributed by atoms with E-state index in [1.165, 1.54) is 4.31 Å². The summed E-state index contributed by atoms with van der Waals surface area (Å²) in [4.78, 5) is 13.8. The van der Waals surface area contributed by atoms with Crippen LogP contribution in [-0.2, 0) is 26.2 Å². The summed E-state index contributed by atoms with van der Waals surface area (Å²) in [6.07, 6.45) is 2.25. The monoisotopic (exact) mass is 463 g/mol. The van der Waals surface area contributed by atoms with Crippen molar-refractivity contribution in [3.8, 4) is 0 Å². The van der Waals surface area contributed by atoms with Gasteiger partial charge < -0.3 is 9.84 Å². The summed E-state index contributed by atoms with van der Waals surface area (Å²) in [6, 6.07) is 9.37. The van der Waals surface area contributed by atoms with E-state index in [-0.39, 0.29) is 35.1 Å². The summed E-state index contributed by atoms with van der Waals surface area (Å²) in [5.41, 5.74) is 0.531. The van der Waals surface area contributed by atoms with Crippen LogP contribution >= 0.6 is 0 Å². The van der Waals surface area contributed by atoms with Crippen LogP contribution in [0, 0.1) is 28.6 Å². The molecule has 7 heteroatoms. The van der Waals surface area contributed by atoms with Crippen molar-refractivity contribution in [2.24, 2.45) is 28.6 Å². The highest BCUT2D eigenvalue weighted by atomic mass is 32.2. The molecule has 3 aliphatic rings. The number of sulfonamides is 1. The van der Waals surface area contributed by atoms with E-state index in [9.17, 15) is 18.3 Å². The molecule has 0 unspecified atom stereocenters. The maximum atomic E-state index is 13.8. The maximum absolute atomic E-state index is 13.8. The van der Waals surface area contributed by atoms with Gasteiger partial charge in [0.2, 0.25) is 15.9 Å². The molecule has 1 spiro atoms. The van der Waals surface area contributed by atoms with Crippen molar-refractivity contribution in [2.75, 3.05) is 12.4 Å². The number of rotatable bonds is 8. The first-order chi connectivity index (χ1) is 15.0. The van der Waals surface area contributed by atoms with Crippen molar-refractivity contribution in [1.29, 1.82) is 0 Å². The predicted octanol–water partition coefficient (Wildman–Crippen LogP) is 3.59. The Balaban J connectivity index is 1.54. The molecule has 178 valence electrons. The van der Waals surface area contributed by atoms with Gasteiger partial charge in [-0.2, -0.15) is 0 Å². The van der Waals surface area contributed by atoms with Gasteiger partial charge in [0.1, 0.15) is 0 Å². The van der Waals surface area contributed by atoms with Crippen LogP contribution in [0.2, 0.25) is 0 Å². The number of aliphatic hydroxyl groups excluding tert-OH is 1. The Bertz CT molecular complexity index is 946. The minimum Gasteiger partial charge on any atom is -0.390 e. The lowest BCUT2D eigenvalue weighted by atomic mass is 9.69. The first-order valence-electron chi connectivity index (χ1n) is 11.9. The van der Waals surface area contributed by atoms with Crippen LogP contribution in [0.1, 0.15) is 58.9 Å². The Morgan fingerprint density at radius 3 is 2.59 bits per heavy atom. The Labute approximate surface area is 192 Å². The van der Waals surface area contributed by atoms with Gasteiger partial charge >= 0.3 is 0 Å². The zero-order valence-electron chi connectivity index (χ0n) is 19.7. The van der Waals surface area contributed by atoms with E-state index >= 15 is 0 Å². The van der Waals surface area contributed by atoms with Gasteiger partial charge in [-0.05, 0) is 42.1 Å². The fourth-order valence-corrected chi connectivity index (χ4v) is 9.31. The fraction of sp³-hybridized carbons (Fsp3) is 0.720. The largest absolute Gasteiger partial charge is 0.390 e. The Morgan fingerprint density at radius 1 is 1.28 bits per heavy atom. The third kappa shape index (κ3) is 3.61. The molecule has 2 bridgehead atoms. The zero-order chi connectivity index (χ0) is 23.3. The summed E-state index contributed by atoms with van der Waals surface area (Å²) in [7, 11) is -3.71. The topological polar surface area (TPSA) is 83.9 Å². The second-order valence-electron chi connectivity index (χ2n) is 10.7. The zero-order valence-corrected chi connectivity index (χ0v) is 20.5. The molecule has 4 rings (SSSR count). The SMILES string of the molecule is CC[C@H](C)[C@@H](C(=O)N1[C@@H]2C[C@H]3CC[C@]2(CS1(=O)=O)C3(C)C)[C@@H](O)COCc1ccccc1. The highest BCUT2D eigenvalue weighted by molar-refractivity contribution is 7.90. The molecule has 1 aromatic rings. The number of carbonyl (C=O) groups excluding carboxylic acids is 1. The third-order valence-electron chi connectivity index (χ3n) is 8.99. The molecule has 1 amide bonds. The van der Waals surface area contributed by atoms with E-state index in [4.69, 9.17) is 4.74 Å². The molecule has 1 N–H and O–H groups in total. The van der Waals surface area contributed by atoms with Gasteiger partial charge in [-0.25, -0.2) is 12.7 Å². The number of fused-ring (bicyclic) bond motifs is 1. The van der Waals surface area contributed by atoms with Crippen molar-refractivity contribution in [3.05, 3.63) is 35.9 Å². The predicted molar refractivity (Wildman–Crippen MR) is 123 cm³/mol. The summed E-state index contributed by atoms with van der Waals surface area (Å²) < 4.78 is 33.6. The fourth-order valence-electron chi connectivity index (χ4n) is 6.74. The van der Waals surface area contributed by atoms with E-state index in [1.54, 1.807) is 0 Å². The number of amides is 1. The summed E-state index contributed by atoms with van der Waals surface area (Å²) in [6.45, 7) is 8.55. The van der Waals surface area contributed by atoms with Crippen LogP contribution in [0.5, 0.6) is 0 Å². The van der Waals surface area contributed by atoms with Crippen molar-refractivity contribution in [2.45, 2.75) is 72.1 Å². The standard InChI is InChI=1S/C25H37NO5S/c1-5-17(2)22(20(27)15-31-14-18-9-7-6-8-10-18)23(28)26-21-13-19-11-12-25(21,24(19,3)4)16-32(26,29)30/h6-10,17,19-22,27H,5,11-16H2,1-4H3/t17-,19+,20-,21+,22+,25+/m0/s1. The minimum absolute atomic E-state index is 0.00649. The van der Waals surface area contributed by atoms with Crippen LogP contribution in [0.25, 0.3) is 0 Å². The van der Waals surface area contributed by atoms with E-state index in [2.05, 4.69) is 13.8 Å². The normalized spacial score (nSPS) is 32.5. The van der Waals surface area contributed by atoms with Gasteiger partial charge in [-0.15, -0.1) is 0 Å². The number of hydrogen-bond donors (Lipinski definition) is 1. The number of aliphatic hydroxyl groups is 1. The molecular weight excluding hydrogens is 426 g/mol. The van der Waals surface area contributed by atoms with Gasteiger partial charge in [-0.1, -0.05) is 64.4 Å². The van der Waals surface area contributed by atoms with Gasteiger partial charge in [0.15, 0.2) is 0 Å². The molecule has 6 atom stereocenters. The lowest BCUT2D eigenvalue weighted by Crippen LogP contribution is -2.50. The Kier molecular flexibility index (Phi) is 6.23. The maximum Gasteiger partial charge on any atom is 0.242 e. The second-order valence-corrected chi connectivity index (χ2v) is 12.6. The summed E-state index contributed by atoms with van der Waals surface area (Å²) in [5, 5.41) is 11.0. The van der Waals surface area contributed by atoms with E-state index in [0.717, 1.165) is 24.8 Å². The molecule has 1 aliphatic heterocycles. The highest BCUT2D eigenvalue weighted by Gasteiger charge is 2.72. The average molecular weight is 464 g/mol. The van der Waals surface area contributed by atoms with Gasteiger partial charge in [-0.3, -0.25) is 4.79 Å². The number of hydrogen-bond acceptors (Lipinski definition) is 5. The number of benzene rings is 1. The lowest BCUT2D eigenvalue weighted by Gasteiger charge is -2.38. The van der Waals surface area contributed by atoms with Crippen LogP contribution < -0.4 is 0 Å². The quantitative estimate of drug-likeness (QED) is 0.637. The minimum atomic E-state index is -3.71. The van der Waals surface area contributed by atoms with Crippen molar-refractivity contribution in [3.63, 3.8) is 0 Å². The lowest BCUT2D eigenvalue weighted by molar-refractivity contribution is -0.141. The van der Waals surface area contributed by atoms with Crippen molar-refractivity contribution < 1.29 is 23.1 Å². The molecule has 1 heterocycles. The molecule has 0 aromatic heterocycles. The first-order valence-corrected chi connectivity index (χ1v) is 13.5. The summed E-state index contributed by atoms with van der Waals surface area (Å²) in [5.74, 6) is -0.910. The van der Waals surface area contributed by atoms with E-state index in [1.807, 2.05) is 44.2 Å². The van der Waals surface area contributed by atoms with Crippen molar-refractivity contribution >= 4 is 15.9 Å². The molecule has 0 radical (unpaired) electrons. The third-order valence-corrected chi connectivity index (χ3v) is 10.9. The van der Waals surface area contributed by atoms with Crippen molar-refractivity contribution in [1.82, 2.24) is 4.31 Å². The Morgan fingerprint density at radius 2 is 1.97 bits per heavy atom. The molecular formula is C25H37NO5S. The van der Waals surface area contributed by atoms with Gasteiger partial charge in [0.25, 0.3) is 0 Å². The van der Waals surface area contributed by atoms with E-state index < -0.39 is 28.0 Å².